The Balaban J connectivity index is 3.03. The largest absolute Gasteiger partial charge is 0.490 e. The summed E-state index contributed by atoms with van der Waals surface area (Å²) >= 11 is 0. The summed E-state index contributed by atoms with van der Waals surface area (Å²) in [6.07, 6.45) is 1.86. The van der Waals surface area contributed by atoms with E-state index in [1.165, 1.54) is 13.2 Å². The molecule has 1 aromatic carbocycles. The molecule has 0 heterocycles. The first kappa shape index (κ1) is 14.2. The van der Waals surface area contributed by atoms with Gasteiger partial charge in [0.1, 0.15) is 0 Å². The van der Waals surface area contributed by atoms with E-state index < -0.39 is 10.7 Å². The summed E-state index contributed by atoms with van der Waals surface area (Å²) in [5.74, 6) is -0.599. The number of benzene rings is 1. The van der Waals surface area contributed by atoms with Crippen LogP contribution >= 0.6 is 0 Å². The standard InChI is InChI=1S/C12H17FN2O3/c1-4-5-8(2)14-10-7-12(18-3)11(15(16)17)6-9(10)13/h6-8,14H,4-5H2,1-3H3. The average Bonchev–Trinajstić information content (AvgIpc) is 2.31. The fraction of sp³-hybridized carbons (Fsp3) is 0.500. The Labute approximate surface area is 105 Å². The number of hydrogen-bond donors (Lipinski definition) is 1. The van der Waals surface area contributed by atoms with Crippen molar-refractivity contribution in [2.45, 2.75) is 32.7 Å². The Bertz CT molecular complexity index is 438. The molecule has 0 aliphatic rings. The zero-order valence-corrected chi connectivity index (χ0v) is 10.7. The molecule has 0 radical (unpaired) electrons. The van der Waals surface area contributed by atoms with Crippen LogP contribution in [-0.2, 0) is 0 Å². The molecule has 0 aromatic heterocycles. The zero-order chi connectivity index (χ0) is 13.7. The van der Waals surface area contributed by atoms with Gasteiger partial charge in [0, 0.05) is 12.1 Å². The van der Waals surface area contributed by atoms with Gasteiger partial charge >= 0.3 is 5.69 Å². The van der Waals surface area contributed by atoms with Crippen LogP contribution in [0.15, 0.2) is 12.1 Å². The van der Waals surface area contributed by atoms with Crippen LogP contribution in [0.5, 0.6) is 5.75 Å². The molecule has 18 heavy (non-hydrogen) atoms. The van der Waals surface area contributed by atoms with E-state index in [2.05, 4.69) is 5.32 Å². The molecule has 0 saturated carbocycles. The highest BCUT2D eigenvalue weighted by molar-refractivity contribution is 5.59. The highest BCUT2D eigenvalue weighted by Crippen LogP contribution is 2.32. The van der Waals surface area contributed by atoms with E-state index >= 15 is 0 Å². The summed E-state index contributed by atoms with van der Waals surface area (Å²) in [6.45, 7) is 3.96. The predicted molar refractivity (Wildman–Crippen MR) is 67.6 cm³/mol. The lowest BCUT2D eigenvalue weighted by Gasteiger charge is -2.15. The van der Waals surface area contributed by atoms with Gasteiger partial charge < -0.3 is 10.1 Å². The van der Waals surface area contributed by atoms with Crippen LogP contribution in [0.1, 0.15) is 26.7 Å². The second kappa shape index (κ2) is 6.18. The lowest BCUT2D eigenvalue weighted by Crippen LogP contribution is -2.15. The van der Waals surface area contributed by atoms with Gasteiger partial charge in [-0.15, -0.1) is 0 Å². The number of hydrogen-bond acceptors (Lipinski definition) is 4. The molecule has 1 N–H and O–H groups in total. The normalized spacial score (nSPS) is 12.0. The maximum atomic E-state index is 13.7. The average molecular weight is 256 g/mol. The summed E-state index contributed by atoms with van der Waals surface area (Å²) in [5.41, 5.74) is -0.151. The smallest absolute Gasteiger partial charge is 0.313 e. The van der Waals surface area contributed by atoms with Crippen LogP contribution < -0.4 is 10.1 Å². The molecule has 6 heteroatoms. The third-order valence-electron chi connectivity index (χ3n) is 2.59. The summed E-state index contributed by atoms with van der Waals surface area (Å²) in [6, 6.07) is 2.29. The minimum absolute atomic E-state index is 0.0487. The van der Waals surface area contributed by atoms with Gasteiger partial charge in [-0.25, -0.2) is 4.39 Å². The van der Waals surface area contributed by atoms with Gasteiger partial charge in [-0.2, -0.15) is 0 Å². The number of halogens is 1. The van der Waals surface area contributed by atoms with Gasteiger partial charge in [0.2, 0.25) is 0 Å². The van der Waals surface area contributed by atoms with Crippen LogP contribution in [0.4, 0.5) is 15.8 Å². The molecule has 0 fully saturated rings. The third kappa shape index (κ3) is 3.32. The fourth-order valence-corrected chi connectivity index (χ4v) is 1.73. The topological polar surface area (TPSA) is 64.4 Å². The van der Waals surface area contributed by atoms with E-state index in [4.69, 9.17) is 4.74 Å². The van der Waals surface area contributed by atoms with Crippen molar-refractivity contribution in [2.24, 2.45) is 0 Å². The maximum absolute atomic E-state index is 13.7. The van der Waals surface area contributed by atoms with Crippen molar-refractivity contribution in [3.8, 4) is 5.75 Å². The van der Waals surface area contributed by atoms with Crippen molar-refractivity contribution in [3.05, 3.63) is 28.1 Å². The SMILES string of the molecule is CCCC(C)Nc1cc(OC)c([N+](=O)[O-])cc1F. The van der Waals surface area contributed by atoms with Crippen molar-refractivity contribution in [1.82, 2.24) is 0 Å². The van der Waals surface area contributed by atoms with E-state index in [1.54, 1.807) is 0 Å². The van der Waals surface area contributed by atoms with E-state index in [0.29, 0.717) is 0 Å². The van der Waals surface area contributed by atoms with Crippen LogP contribution in [0.2, 0.25) is 0 Å². The van der Waals surface area contributed by atoms with Crippen molar-refractivity contribution in [1.29, 1.82) is 0 Å². The van der Waals surface area contributed by atoms with E-state index in [0.717, 1.165) is 18.9 Å². The summed E-state index contributed by atoms with van der Waals surface area (Å²) in [5, 5.41) is 13.7. The van der Waals surface area contributed by atoms with Crippen LogP contribution in [0, 0.1) is 15.9 Å². The Morgan fingerprint density at radius 2 is 2.22 bits per heavy atom. The molecule has 1 aromatic rings. The summed E-state index contributed by atoms with van der Waals surface area (Å²) in [4.78, 5) is 10.0. The number of methoxy groups -OCH3 is 1. The number of ether oxygens (including phenoxy) is 1. The van der Waals surface area contributed by atoms with Crippen LogP contribution in [-0.4, -0.2) is 18.1 Å². The molecule has 0 bridgehead atoms. The Morgan fingerprint density at radius 3 is 2.72 bits per heavy atom. The number of nitro benzene ring substituents is 1. The summed E-state index contributed by atoms with van der Waals surface area (Å²) < 4.78 is 18.6. The molecule has 0 aliphatic carbocycles. The van der Waals surface area contributed by atoms with E-state index in [1.807, 2.05) is 13.8 Å². The monoisotopic (exact) mass is 256 g/mol. The van der Waals surface area contributed by atoms with Gasteiger partial charge in [-0.05, 0) is 13.3 Å². The highest BCUT2D eigenvalue weighted by Gasteiger charge is 2.19. The highest BCUT2D eigenvalue weighted by atomic mass is 19.1. The second-order valence-electron chi connectivity index (χ2n) is 4.10. The Hall–Kier alpha value is -1.85. The zero-order valence-electron chi connectivity index (χ0n) is 10.7. The lowest BCUT2D eigenvalue weighted by molar-refractivity contribution is -0.385. The molecule has 1 rings (SSSR count). The molecule has 5 nitrogen and oxygen atoms in total. The molecule has 0 spiro atoms. The molecule has 100 valence electrons. The molecule has 0 saturated heterocycles. The number of rotatable bonds is 6. The van der Waals surface area contributed by atoms with Gasteiger partial charge in [-0.3, -0.25) is 10.1 Å². The molecule has 1 atom stereocenters. The number of anilines is 1. The quantitative estimate of drug-likeness (QED) is 0.626. The Kier molecular flexibility index (Phi) is 4.88. The lowest BCUT2D eigenvalue weighted by atomic mass is 10.1. The minimum atomic E-state index is -0.666. The van der Waals surface area contributed by atoms with Gasteiger partial charge in [0.25, 0.3) is 0 Å². The Morgan fingerprint density at radius 1 is 1.56 bits per heavy atom. The van der Waals surface area contributed by atoms with E-state index in [9.17, 15) is 14.5 Å². The first-order valence-electron chi connectivity index (χ1n) is 5.78. The number of nitrogens with one attached hydrogen (secondary N) is 1. The first-order valence-corrected chi connectivity index (χ1v) is 5.78. The molecular formula is C12H17FN2O3. The minimum Gasteiger partial charge on any atom is -0.490 e. The van der Waals surface area contributed by atoms with E-state index in [-0.39, 0.29) is 23.2 Å². The van der Waals surface area contributed by atoms with Crippen molar-refractivity contribution >= 4 is 11.4 Å². The maximum Gasteiger partial charge on any atom is 0.313 e. The molecule has 0 amide bonds. The van der Waals surface area contributed by atoms with Gasteiger partial charge in [-0.1, -0.05) is 13.3 Å². The molecule has 0 aliphatic heterocycles. The van der Waals surface area contributed by atoms with Crippen LogP contribution in [0.25, 0.3) is 0 Å². The van der Waals surface area contributed by atoms with Crippen molar-refractivity contribution in [3.63, 3.8) is 0 Å². The third-order valence-corrected chi connectivity index (χ3v) is 2.59. The summed E-state index contributed by atoms with van der Waals surface area (Å²) in [7, 11) is 1.32. The van der Waals surface area contributed by atoms with Gasteiger partial charge in [0.05, 0.1) is 23.8 Å². The van der Waals surface area contributed by atoms with Crippen molar-refractivity contribution in [2.75, 3.05) is 12.4 Å². The second-order valence-corrected chi connectivity index (χ2v) is 4.10. The molecular weight excluding hydrogens is 239 g/mol. The van der Waals surface area contributed by atoms with Crippen LogP contribution in [0.3, 0.4) is 0 Å². The van der Waals surface area contributed by atoms with Gasteiger partial charge in [0.15, 0.2) is 11.6 Å². The van der Waals surface area contributed by atoms with Crippen molar-refractivity contribution < 1.29 is 14.1 Å². The first-order chi connectivity index (χ1) is 8.49. The fourth-order valence-electron chi connectivity index (χ4n) is 1.73. The number of nitrogens with zero attached hydrogens (tertiary/aromatic N) is 1. The number of nitro groups is 1. The molecule has 1 unspecified atom stereocenters. The predicted octanol–water partition coefficient (Wildman–Crippen LogP) is 3.34.